The fourth-order valence-corrected chi connectivity index (χ4v) is 4.78. The average Bonchev–Trinajstić information content (AvgIpc) is 3.22. The molecule has 140 valence electrons. The van der Waals surface area contributed by atoms with Crippen molar-refractivity contribution in [3.63, 3.8) is 0 Å². The van der Waals surface area contributed by atoms with Crippen molar-refractivity contribution in [2.45, 2.75) is 4.21 Å². The number of benzene rings is 1. The van der Waals surface area contributed by atoms with Crippen LogP contribution in [0.25, 0.3) is 0 Å². The van der Waals surface area contributed by atoms with Crippen LogP contribution in [0.15, 0.2) is 46.0 Å². The van der Waals surface area contributed by atoms with E-state index in [0.29, 0.717) is 26.2 Å². The molecule has 0 bridgehead atoms. The molecule has 1 aromatic carbocycles. The number of sulfonamides is 1. The molecule has 0 spiro atoms. The summed E-state index contributed by atoms with van der Waals surface area (Å²) in [6.07, 6.45) is 0. The molecule has 2 aromatic rings. The second kappa shape index (κ2) is 8.07. The molecule has 1 saturated heterocycles. The maximum Gasteiger partial charge on any atom is 0.250 e. The normalized spacial score (nSPS) is 15.1. The van der Waals surface area contributed by atoms with Gasteiger partial charge in [-0.25, -0.2) is 13.1 Å². The van der Waals surface area contributed by atoms with E-state index in [9.17, 15) is 13.2 Å². The molecule has 1 aliphatic rings. The van der Waals surface area contributed by atoms with Gasteiger partial charge in [-0.05, 0) is 35.7 Å². The number of anilines is 1. The highest BCUT2D eigenvalue weighted by molar-refractivity contribution is 7.91. The largest absolute Gasteiger partial charge is 0.497 e. The molecule has 1 aliphatic heterocycles. The molecule has 1 N–H and O–H groups in total. The first-order chi connectivity index (χ1) is 12.5. The monoisotopic (exact) mass is 395 g/mol. The first-order valence-corrected chi connectivity index (χ1v) is 10.6. The molecule has 1 amide bonds. The summed E-state index contributed by atoms with van der Waals surface area (Å²) in [6.45, 7) is 2.31. The van der Waals surface area contributed by atoms with Crippen molar-refractivity contribution in [2.24, 2.45) is 0 Å². The fraction of sp³-hybridized carbons (Fsp3) is 0.353. The SMILES string of the molecule is COc1ccc(N2CCN(C(=O)CNS(=O)(=O)c3cccs3)CC2)cc1. The van der Waals surface area contributed by atoms with Crippen molar-refractivity contribution in [2.75, 3.05) is 44.7 Å². The van der Waals surface area contributed by atoms with E-state index in [2.05, 4.69) is 9.62 Å². The minimum Gasteiger partial charge on any atom is -0.497 e. The average molecular weight is 396 g/mol. The number of rotatable bonds is 6. The summed E-state index contributed by atoms with van der Waals surface area (Å²) >= 11 is 1.13. The fourth-order valence-electron chi connectivity index (χ4n) is 2.76. The number of ether oxygens (including phenoxy) is 1. The second-order valence-electron chi connectivity index (χ2n) is 5.82. The standard InChI is InChI=1S/C17H21N3O4S2/c1-24-15-6-4-14(5-7-15)19-8-10-20(11-9-19)16(21)13-18-26(22,23)17-3-2-12-25-17/h2-7,12,18H,8-11,13H2,1H3. The Morgan fingerprint density at radius 1 is 1.15 bits per heavy atom. The number of amides is 1. The summed E-state index contributed by atoms with van der Waals surface area (Å²) in [4.78, 5) is 16.2. The third-order valence-corrected chi connectivity index (χ3v) is 7.04. The number of hydrogen-bond donors (Lipinski definition) is 1. The van der Waals surface area contributed by atoms with Crippen molar-refractivity contribution >= 4 is 33.0 Å². The molecule has 2 heterocycles. The molecule has 0 saturated carbocycles. The Balaban J connectivity index is 1.50. The predicted octanol–water partition coefficient (Wildman–Crippen LogP) is 1.38. The van der Waals surface area contributed by atoms with Crippen LogP contribution in [-0.2, 0) is 14.8 Å². The number of methoxy groups -OCH3 is 1. The second-order valence-corrected chi connectivity index (χ2v) is 8.76. The maximum atomic E-state index is 12.3. The molecule has 9 heteroatoms. The zero-order chi connectivity index (χ0) is 18.6. The van der Waals surface area contributed by atoms with Gasteiger partial charge >= 0.3 is 0 Å². The van der Waals surface area contributed by atoms with Crippen LogP contribution in [0.5, 0.6) is 5.75 Å². The molecule has 3 rings (SSSR count). The highest BCUT2D eigenvalue weighted by Gasteiger charge is 2.23. The molecule has 0 unspecified atom stereocenters. The van der Waals surface area contributed by atoms with Crippen molar-refractivity contribution in [1.29, 1.82) is 0 Å². The molecule has 1 fully saturated rings. The molecular formula is C17H21N3O4S2. The summed E-state index contributed by atoms with van der Waals surface area (Å²) in [5.41, 5.74) is 1.08. The Kier molecular flexibility index (Phi) is 5.80. The topological polar surface area (TPSA) is 79.0 Å². The van der Waals surface area contributed by atoms with Crippen LogP contribution < -0.4 is 14.4 Å². The van der Waals surface area contributed by atoms with E-state index in [-0.39, 0.29) is 16.7 Å². The number of piperazine rings is 1. The zero-order valence-electron chi connectivity index (χ0n) is 14.4. The molecular weight excluding hydrogens is 374 g/mol. The van der Waals surface area contributed by atoms with Crippen LogP contribution in [0.3, 0.4) is 0 Å². The Bertz CT molecular complexity index is 827. The lowest BCUT2D eigenvalue weighted by Crippen LogP contribution is -2.51. The Labute approximate surface area is 157 Å². The van der Waals surface area contributed by atoms with Gasteiger partial charge in [-0.15, -0.1) is 11.3 Å². The van der Waals surface area contributed by atoms with Crippen LogP contribution in [0, 0.1) is 0 Å². The van der Waals surface area contributed by atoms with Crippen molar-refractivity contribution in [3.05, 3.63) is 41.8 Å². The van der Waals surface area contributed by atoms with Crippen LogP contribution in [0.1, 0.15) is 0 Å². The van der Waals surface area contributed by atoms with Gasteiger partial charge in [0.25, 0.3) is 10.0 Å². The molecule has 26 heavy (non-hydrogen) atoms. The van der Waals surface area contributed by atoms with Crippen LogP contribution >= 0.6 is 11.3 Å². The molecule has 0 atom stereocenters. The van der Waals surface area contributed by atoms with E-state index in [1.165, 1.54) is 6.07 Å². The van der Waals surface area contributed by atoms with Crippen LogP contribution in [0.4, 0.5) is 5.69 Å². The third-order valence-electron chi connectivity index (χ3n) is 4.24. The lowest BCUT2D eigenvalue weighted by Gasteiger charge is -2.36. The van der Waals surface area contributed by atoms with Gasteiger partial charge in [0.15, 0.2) is 0 Å². The van der Waals surface area contributed by atoms with Crippen LogP contribution in [-0.4, -0.2) is 59.1 Å². The summed E-state index contributed by atoms with van der Waals surface area (Å²) in [5.74, 6) is 0.597. The molecule has 0 aliphatic carbocycles. The Morgan fingerprint density at radius 2 is 1.85 bits per heavy atom. The van der Waals surface area contributed by atoms with Gasteiger partial charge in [0, 0.05) is 31.9 Å². The number of nitrogens with zero attached hydrogens (tertiary/aromatic N) is 2. The van der Waals surface area contributed by atoms with Gasteiger partial charge in [0.2, 0.25) is 5.91 Å². The minimum atomic E-state index is -3.61. The number of hydrogen-bond acceptors (Lipinski definition) is 6. The maximum absolute atomic E-state index is 12.3. The molecule has 1 aromatic heterocycles. The summed E-state index contributed by atoms with van der Waals surface area (Å²) < 4.78 is 31.9. The first kappa shape index (κ1) is 18.7. The Morgan fingerprint density at radius 3 is 2.42 bits per heavy atom. The van der Waals surface area contributed by atoms with Gasteiger partial charge in [0.05, 0.1) is 13.7 Å². The van der Waals surface area contributed by atoms with Gasteiger partial charge in [-0.2, -0.15) is 0 Å². The highest BCUT2D eigenvalue weighted by atomic mass is 32.2. The minimum absolute atomic E-state index is 0.209. The van der Waals surface area contributed by atoms with Crippen molar-refractivity contribution in [3.8, 4) is 5.75 Å². The molecule has 7 nitrogen and oxygen atoms in total. The number of nitrogens with one attached hydrogen (secondary N) is 1. The number of carbonyl (C=O) groups excluding carboxylic acids is 1. The smallest absolute Gasteiger partial charge is 0.250 e. The summed E-state index contributed by atoms with van der Waals surface area (Å²) in [6, 6.07) is 11.0. The highest BCUT2D eigenvalue weighted by Crippen LogP contribution is 2.20. The van der Waals surface area contributed by atoms with E-state index < -0.39 is 10.0 Å². The Hall–Kier alpha value is -2.10. The number of carbonyl (C=O) groups is 1. The third kappa shape index (κ3) is 4.35. The lowest BCUT2D eigenvalue weighted by atomic mass is 10.2. The quantitative estimate of drug-likeness (QED) is 0.800. The van der Waals surface area contributed by atoms with E-state index in [0.717, 1.165) is 22.8 Å². The van der Waals surface area contributed by atoms with E-state index >= 15 is 0 Å². The van der Waals surface area contributed by atoms with E-state index in [4.69, 9.17) is 4.74 Å². The summed E-state index contributed by atoms with van der Waals surface area (Å²) in [7, 11) is -1.98. The molecule has 0 radical (unpaired) electrons. The van der Waals surface area contributed by atoms with Gasteiger partial charge in [-0.3, -0.25) is 4.79 Å². The predicted molar refractivity (Wildman–Crippen MR) is 101 cm³/mol. The van der Waals surface area contributed by atoms with Gasteiger partial charge < -0.3 is 14.5 Å². The van der Waals surface area contributed by atoms with Crippen molar-refractivity contribution < 1.29 is 17.9 Å². The van der Waals surface area contributed by atoms with E-state index in [1.54, 1.807) is 23.5 Å². The first-order valence-electron chi connectivity index (χ1n) is 8.19. The van der Waals surface area contributed by atoms with Gasteiger partial charge in [0.1, 0.15) is 9.96 Å². The van der Waals surface area contributed by atoms with Crippen molar-refractivity contribution in [1.82, 2.24) is 9.62 Å². The number of thiophene rings is 1. The van der Waals surface area contributed by atoms with E-state index in [1.807, 2.05) is 24.3 Å². The summed E-state index contributed by atoms with van der Waals surface area (Å²) in [5, 5.41) is 1.69. The van der Waals surface area contributed by atoms with Crippen LogP contribution in [0.2, 0.25) is 0 Å². The van der Waals surface area contributed by atoms with Gasteiger partial charge in [-0.1, -0.05) is 6.07 Å². The lowest BCUT2D eigenvalue weighted by molar-refractivity contribution is -0.130. The zero-order valence-corrected chi connectivity index (χ0v) is 16.1.